The highest BCUT2D eigenvalue weighted by atomic mass is 28.4. The van der Waals surface area contributed by atoms with E-state index in [2.05, 4.69) is 38.8 Å². The van der Waals surface area contributed by atoms with E-state index in [4.69, 9.17) is 9.16 Å². The minimum absolute atomic E-state index is 0.0540. The van der Waals surface area contributed by atoms with E-state index < -0.39 is 54.5 Å². The van der Waals surface area contributed by atoms with E-state index in [0.29, 0.717) is 24.3 Å². The van der Waals surface area contributed by atoms with Gasteiger partial charge in [-0.15, -0.1) is 0 Å². The lowest BCUT2D eigenvalue weighted by Crippen LogP contribution is -2.61. The second-order valence-electron chi connectivity index (χ2n) is 15.5. The van der Waals surface area contributed by atoms with Crippen molar-refractivity contribution in [2.45, 2.75) is 106 Å². The quantitative estimate of drug-likeness (QED) is 0.264. The number of aliphatic hydroxyl groups is 1. The smallest absolute Gasteiger partial charge is 0.403 e. The molecule has 9 rings (SSSR count). The number of aromatic amines is 1. The Morgan fingerprint density at radius 1 is 1.12 bits per heavy atom. The van der Waals surface area contributed by atoms with Gasteiger partial charge in [-0.05, 0) is 67.1 Å². The van der Waals surface area contributed by atoms with Crippen molar-refractivity contribution < 1.29 is 32.2 Å². The zero-order chi connectivity index (χ0) is 30.3. The maximum absolute atomic E-state index is 14.2. The van der Waals surface area contributed by atoms with Crippen LogP contribution in [0.25, 0.3) is 10.9 Å². The average molecular weight is 609 g/mol. The van der Waals surface area contributed by atoms with Crippen LogP contribution in [0.4, 0.5) is 13.2 Å². The fraction of sp³-hybridized carbons (Fsp3) is 0.545. The summed E-state index contributed by atoms with van der Waals surface area (Å²) in [5.41, 5.74) is -1.03. The summed E-state index contributed by atoms with van der Waals surface area (Å²) >= 11 is 0. The van der Waals surface area contributed by atoms with E-state index in [9.17, 15) is 23.1 Å². The highest BCUT2D eigenvalue weighted by Crippen LogP contribution is 2.80. The molecular weight excluding hydrogens is 573 g/mol. The van der Waals surface area contributed by atoms with Crippen LogP contribution in [0.5, 0.6) is 11.5 Å². The van der Waals surface area contributed by atoms with Gasteiger partial charge >= 0.3 is 6.18 Å². The van der Waals surface area contributed by atoms with Gasteiger partial charge in [-0.3, -0.25) is 4.79 Å². The summed E-state index contributed by atoms with van der Waals surface area (Å²) in [6.45, 7) is 10.9. The SMILES string of the molecule is CC(C)(C)[Si](C)(C)Oc1ccc2c3c1O[C@H]1c4[nH]c5ccccc5c4C[C@@]4(O)[C@@H]5N(C(=O)C6(C(F)(F)F)CC6)[C@]5(C2)C[C@]314. The summed E-state index contributed by atoms with van der Waals surface area (Å²) in [4.78, 5) is 18.9. The molecule has 0 radical (unpaired) electrons. The number of alkyl halides is 3. The highest BCUT2D eigenvalue weighted by Gasteiger charge is 2.91. The fourth-order valence-electron chi connectivity index (χ4n) is 9.26. The highest BCUT2D eigenvalue weighted by molar-refractivity contribution is 6.74. The summed E-state index contributed by atoms with van der Waals surface area (Å²) in [6.07, 6.45) is -4.57. The first-order chi connectivity index (χ1) is 20.0. The Morgan fingerprint density at radius 3 is 2.51 bits per heavy atom. The third-order valence-electron chi connectivity index (χ3n) is 12.5. The number of hydrogen-bond acceptors (Lipinski definition) is 4. The van der Waals surface area contributed by atoms with E-state index in [1.54, 1.807) is 0 Å². The molecule has 1 amide bonds. The monoisotopic (exact) mass is 608 g/mol. The van der Waals surface area contributed by atoms with Gasteiger partial charge < -0.3 is 24.2 Å². The Kier molecular flexibility index (Phi) is 4.37. The van der Waals surface area contributed by atoms with E-state index in [1.165, 1.54) is 4.90 Å². The first-order valence-electron chi connectivity index (χ1n) is 15.3. The molecule has 6 nitrogen and oxygen atoms in total. The molecule has 2 aliphatic heterocycles. The topological polar surface area (TPSA) is 74.6 Å². The summed E-state index contributed by atoms with van der Waals surface area (Å²) in [5.74, 6) is 0.433. The van der Waals surface area contributed by atoms with Crippen molar-refractivity contribution in [1.29, 1.82) is 0 Å². The molecule has 43 heavy (non-hydrogen) atoms. The number of nitrogens with one attached hydrogen (secondary N) is 1. The van der Waals surface area contributed by atoms with Crippen LogP contribution in [-0.2, 0) is 23.1 Å². The Labute approximate surface area is 248 Å². The Bertz CT molecular complexity index is 1810. The Balaban J connectivity index is 1.26. The maximum Gasteiger partial charge on any atom is 0.403 e. The number of carbonyl (C=O) groups excluding carboxylic acids is 1. The minimum Gasteiger partial charge on any atom is -0.541 e. The maximum atomic E-state index is 14.2. The van der Waals surface area contributed by atoms with Crippen molar-refractivity contribution in [3.63, 3.8) is 0 Å². The van der Waals surface area contributed by atoms with Gasteiger partial charge in [0.05, 0.1) is 22.7 Å². The van der Waals surface area contributed by atoms with E-state index in [1.807, 2.05) is 36.4 Å². The number of hydrogen-bond donors (Lipinski definition) is 2. The number of likely N-dealkylation sites (tertiary alicyclic amines) is 1. The van der Waals surface area contributed by atoms with Crippen LogP contribution in [0.3, 0.4) is 0 Å². The minimum atomic E-state index is -4.61. The summed E-state index contributed by atoms with van der Waals surface area (Å²) in [5, 5.41) is 14.0. The van der Waals surface area contributed by atoms with Crippen LogP contribution in [0, 0.1) is 5.41 Å². The molecule has 2 spiro atoms. The number of carbonyl (C=O) groups is 1. The molecule has 1 saturated heterocycles. The van der Waals surface area contributed by atoms with Gasteiger partial charge in [0.15, 0.2) is 11.9 Å². The molecule has 2 saturated carbocycles. The molecule has 3 heterocycles. The van der Waals surface area contributed by atoms with Crippen LogP contribution >= 0.6 is 0 Å². The van der Waals surface area contributed by atoms with Crippen molar-refractivity contribution in [2.24, 2.45) is 5.41 Å². The second-order valence-corrected chi connectivity index (χ2v) is 20.3. The number of amides is 1. The number of H-pyrrole nitrogens is 1. The van der Waals surface area contributed by atoms with Gasteiger partial charge in [-0.2, -0.15) is 13.2 Å². The van der Waals surface area contributed by atoms with E-state index >= 15 is 0 Å². The number of nitrogens with zero attached hydrogens (tertiary/aromatic N) is 1. The van der Waals surface area contributed by atoms with Crippen LogP contribution in [0.15, 0.2) is 36.4 Å². The van der Waals surface area contributed by atoms with Gasteiger partial charge in [0, 0.05) is 22.9 Å². The average Bonchev–Trinajstić information content (AvgIpc) is 3.75. The standard InChI is InChI=1S/C33H35F3N2O4Si/c1-28(2,3)43(4,5)42-21-11-10-17-14-30-16-31-22(17)24(21)41-25(31)23-19(18-8-6-7-9-20(18)37-23)15-32(31,40)26(30)38(30)27(39)29(12-13-29)33(34,35)36/h6-11,25-26,37,40H,12-16H2,1-5H3/t25-,26+,30+,31-,32+,38?/m0/s1. The first kappa shape index (κ1) is 26.4. The number of para-hydroxylation sites is 1. The van der Waals surface area contributed by atoms with Gasteiger partial charge in [0.25, 0.3) is 8.32 Å². The lowest BCUT2D eigenvalue weighted by atomic mass is 9.57. The van der Waals surface area contributed by atoms with Gasteiger partial charge in [-0.1, -0.05) is 45.0 Å². The molecule has 3 aromatic rings. The van der Waals surface area contributed by atoms with Crippen molar-refractivity contribution in [3.05, 3.63) is 58.8 Å². The largest absolute Gasteiger partial charge is 0.541 e. The van der Waals surface area contributed by atoms with Gasteiger partial charge in [-0.25, -0.2) is 0 Å². The lowest BCUT2D eigenvalue weighted by molar-refractivity contribution is -0.198. The normalized spacial score (nSPS) is 33.9. The van der Waals surface area contributed by atoms with Crippen molar-refractivity contribution in [1.82, 2.24) is 9.88 Å². The lowest BCUT2D eigenvalue weighted by Gasteiger charge is -2.50. The van der Waals surface area contributed by atoms with Crippen molar-refractivity contribution in [2.75, 3.05) is 0 Å². The number of piperidine rings is 1. The van der Waals surface area contributed by atoms with Crippen LogP contribution in [0.1, 0.15) is 68.5 Å². The zero-order valence-corrected chi connectivity index (χ0v) is 25.9. The molecule has 4 aliphatic carbocycles. The first-order valence-corrected chi connectivity index (χ1v) is 18.2. The third-order valence-corrected chi connectivity index (χ3v) is 16.8. The van der Waals surface area contributed by atoms with Gasteiger partial charge in [0.1, 0.15) is 16.8 Å². The van der Waals surface area contributed by atoms with E-state index in [0.717, 1.165) is 33.3 Å². The molecule has 226 valence electrons. The number of rotatable bonds is 3. The summed E-state index contributed by atoms with van der Waals surface area (Å²) in [6, 6.07) is 11.1. The molecule has 5 atom stereocenters. The third kappa shape index (κ3) is 2.73. The van der Waals surface area contributed by atoms with Crippen molar-refractivity contribution >= 4 is 25.1 Å². The molecule has 6 aliphatic rings. The molecule has 2 bridgehead atoms. The second kappa shape index (κ2) is 7.12. The van der Waals surface area contributed by atoms with Crippen molar-refractivity contribution in [3.8, 4) is 11.5 Å². The molecular formula is C33H35F3N2O4Si. The Morgan fingerprint density at radius 2 is 1.84 bits per heavy atom. The molecule has 0 unspecified atom stereocenters. The molecule has 10 heteroatoms. The van der Waals surface area contributed by atoms with Crippen LogP contribution in [-0.4, -0.2) is 52.6 Å². The summed E-state index contributed by atoms with van der Waals surface area (Å²) < 4.78 is 56.4. The van der Waals surface area contributed by atoms with E-state index in [-0.39, 0.29) is 24.3 Å². The fourth-order valence-corrected chi connectivity index (χ4v) is 10.3. The number of ether oxygens (including phenoxy) is 1. The van der Waals surface area contributed by atoms with Crippen LogP contribution in [0.2, 0.25) is 18.1 Å². The molecule has 3 fully saturated rings. The number of halogens is 3. The van der Waals surface area contributed by atoms with Gasteiger partial charge in [0.2, 0.25) is 5.91 Å². The number of aromatic nitrogens is 1. The summed E-state index contributed by atoms with van der Waals surface area (Å²) in [7, 11) is -2.27. The number of benzene rings is 2. The Hall–Kier alpha value is -2.98. The van der Waals surface area contributed by atoms with Crippen LogP contribution < -0.4 is 9.16 Å². The predicted octanol–water partition coefficient (Wildman–Crippen LogP) is 6.46. The zero-order valence-electron chi connectivity index (χ0n) is 24.9. The number of fused-ring (bicyclic) bond motifs is 5. The molecule has 2 N–H and O–H groups in total. The predicted molar refractivity (Wildman–Crippen MR) is 156 cm³/mol. The molecule has 1 aromatic heterocycles. The molecule has 2 aromatic carbocycles.